The number of imidazole rings is 1. The van der Waals surface area contributed by atoms with Crippen LogP contribution in [0.5, 0.6) is 0 Å². The minimum absolute atomic E-state index is 0.138. The van der Waals surface area contributed by atoms with Crippen molar-refractivity contribution in [1.82, 2.24) is 24.1 Å². The number of pyridine rings is 1. The molecule has 6 nitrogen and oxygen atoms in total. The smallest absolute Gasteiger partial charge is 0.299 e. The Balaban J connectivity index is 1.44. The van der Waals surface area contributed by atoms with Crippen molar-refractivity contribution in [2.75, 3.05) is 13.1 Å². The fraction of sp³-hybridized carbons (Fsp3) is 0.444. The lowest BCUT2D eigenvalue weighted by Gasteiger charge is -2.45. The van der Waals surface area contributed by atoms with Crippen molar-refractivity contribution in [3.63, 3.8) is 0 Å². The van der Waals surface area contributed by atoms with E-state index in [-0.39, 0.29) is 10.9 Å². The second-order valence-corrected chi connectivity index (χ2v) is 11.4. The highest BCUT2D eigenvalue weighted by Crippen LogP contribution is 2.52. The average molecular weight is 528 g/mol. The first-order valence-corrected chi connectivity index (χ1v) is 13.6. The Morgan fingerprint density at radius 1 is 1.11 bits per heavy atom. The van der Waals surface area contributed by atoms with E-state index in [4.69, 9.17) is 0 Å². The first kappa shape index (κ1) is 24.4. The van der Waals surface area contributed by atoms with Gasteiger partial charge >= 0.3 is 11.9 Å². The van der Waals surface area contributed by atoms with Crippen LogP contribution in [-0.2, 0) is 18.1 Å². The highest BCUT2D eigenvalue weighted by Gasteiger charge is 2.47. The third-order valence-corrected chi connectivity index (χ3v) is 8.72. The van der Waals surface area contributed by atoms with Gasteiger partial charge in [0.25, 0.3) is 0 Å². The van der Waals surface area contributed by atoms with Gasteiger partial charge in [-0.05, 0) is 74.0 Å². The predicted molar refractivity (Wildman–Crippen MR) is 136 cm³/mol. The van der Waals surface area contributed by atoms with Gasteiger partial charge in [-0.3, -0.25) is 13.9 Å². The van der Waals surface area contributed by atoms with Gasteiger partial charge in [-0.2, -0.15) is 13.2 Å². The van der Waals surface area contributed by atoms with E-state index in [2.05, 4.69) is 22.0 Å². The lowest BCUT2D eigenvalue weighted by Crippen LogP contribution is -2.41. The van der Waals surface area contributed by atoms with Crippen LogP contribution in [-0.4, -0.2) is 37.2 Å². The molecule has 1 saturated carbocycles. The summed E-state index contributed by atoms with van der Waals surface area (Å²) in [6, 6.07) is 8.75. The number of halogens is 3. The van der Waals surface area contributed by atoms with Crippen molar-refractivity contribution in [3.05, 3.63) is 80.4 Å². The number of aromatic nitrogens is 4. The molecule has 1 aliphatic heterocycles. The van der Waals surface area contributed by atoms with E-state index in [9.17, 15) is 18.0 Å². The average Bonchev–Trinajstić information content (AvgIpc) is 3.51. The molecule has 2 aliphatic rings. The molecular weight excluding hydrogens is 499 g/mol. The fourth-order valence-corrected chi connectivity index (χ4v) is 6.92. The van der Waals surface area contributed by atoms with Gasteiger partial charge in [0.2, 0.25) is 0 Å². The number of piperidine rings is 1. The van der Waals surface area contributed by atoms with E-state index in [0.717, 1.165) is 60.2 Å². The molecule has 0 radical (unpaired) electrons. The highest BCUT2D eigenvalue weighted by molar-refractivity contribution is 7.09. The molecule has 2 fully saturated rings. The zero-order valence-electron chi connectivity index (χ0n) is 20.5. The molecule has 0 amide bonds. The summed E-state index contributed by atoms with van der Waals surface area (Å²) in [6.07, 6.45) is 3.36. The highest BCUT2D eigenvalue weighted by atomic mass is 32.1. The molecule has 10 heteroatoms. The molecule has 1 saturated heterocycles. The van der Waals surface area contributed by atoms with Gasteiger partial charge in [-0.15, -0.1) is 21.5 Å². The van der Waals surface area contributed by atoms with Crippen molar-refractivity contribution in [1.29, 1.82) is 0 Å². The Morgan fingerprint density at radius 3 is 2.57 bits per heavy atom. The molecule has 0 atom stereocenters. The second kappa shape index (κ2) is 9.09. The summed E-state index contributed by atoms with van der Waals surface area (Å²) in [6.45, 7) is 4.30. The summed E-state index contributed by atoms with van der Waals surface area (Å²) in [5.74, 6) is 0.528. The van der Waals surface area contributed by atoms with Crippen molar-refractivity contribution in [3.8, 4) is 5.69 Å². The van der Waals surface area contributed by atoms with Crippen LogP contribution in [0.15, 0.2) is 53.0 Å². The van der Waals surface area contributed by atoms with Gasteiger partial charge in [0.15, 0.2) is 0 Å². The maximum atomic E-state index is 14.1. The Hall–Kier alpha value is -2.98. The van der Waals surface area contributed by atoms with Crippen molar-refractivity contribution < 1.29 is 13.2 Å². The molecule has 1 aliphatic carbocycles. The minimum Gasteiger partial charge on any atom is -0.299 e. The first-order valence-electron chi connectivity index (χ1n) is 12.7. The maximum absolute atomic E-state index is 14.1. The second-order valence-electron chi connectivity index (χ2n) is 10.5. The number of alkyl halides is 3. The number of hydrogen-bond donors (Lipinski definition) is 0. The summed E-state index contributed by atoms with van der Waals surface area (Å²) in [5, 5.41) is 9.30. The zero-order valence-corrected chi connectivity index (χ0v) is 21.4. The molecule has 0 bridgehead atoms. The summed E-state index contributed by atoms with van der Waals surface area (Å²) >= 11 is 1.51. The van der Waals surface area contributed by atoms with E-state index in [1.807, 2.05) is 18.2 Å². The Labute approximate surface area is 216 Å². The molecule has 0 spiro atoms. The van der Waals surface area contributed by atoms with Crippen molar-refractivity contribution >= 4 is 16.9 Å². The van der Waals surface area contributed by atoms with E-state index in [0.29, 0.717) is 23.7 Å². The number of fused-ring (bicyclic) bond motifs is 1. The monoisotopic (exact) mass is 527 g/mol. The van der Waals surface area contributed by atoms with Gasteiger partial charge < -0.3 is 0 Å². The van der Waals surface area contributed by atoms with Crippen LogP contribution in [0.1, 0.15) is 60.7 Å². The van der Waals surface area contributed by atoms with Crippen LogP contribution in [0.25, 0.3) is 11.2 Å². The molecule has 1 aromatic carbocycles. The van der Waals surface area contributed by atoms with Gasteiger partial charge in [0, 0.05) is 24.4 Å². The van der Waals surface area contributed by atoms with Crippen LogP contribution in [0.2, 0.25) is 0 Å². The van der Waals surface area contributed by atoms with Crippen LogP contribution < -0.4 is 5.69 Å². The predicted octanol–water partition coefficient (Wildman–Crippen LogP) is 5.66. The van der Waals surface area contributed by atoms with E-state index >= 15 is 0 Å². The molecule has 0 N–H and O–H groups in total. The molecule has 0 unspecified atom stereocenters. The third-order valence-electron chi connectivity index (χ3n) is 7.82. The lowest BCUT2D eigenvalue weighted by atomic mass is 9.59. The fourth-order valence-electron chi connectivity index (χ4n) is 6.12. The minimum atomic E-state index is -4.58. The molecule has 4 aromatic rings. The quantitative estimate of drug-likeness (QED) is 0.336. The maximum Gasteiger partial charge on any atom is 0.418 e. The molecule has 194 valence electrons. The summed E-state index contributed by atoms with van der Waals surface area (Å²) in [5.41, 5.74) is 2.05. The summed E-state index contributed by atoms with van der Waals surface area (Å²) < 4.78 is 44.9. The number of hydrogen-bond acceptors (Lipinski definition) is 5. The van der Waals surface area contributed by atoms with E-state index in [1.165, 1.54) is 28.2 Å². The third kappa shape index (κ3) is 4.29. The normalized spacial score (nSPS) is 22.9. The lowest BCUT2D eigenvalue weighted by molar-refractivity contribution is -0.136. The van der Waals surface area contributed by atoms with E-state index in [1.54, 1.807) is 17.8 Å². The molecule has 3 aromatic heterocycles. The topological polar surface area (TPSA) is 55.4 Å². The van der Waals surface area contributed by atoms with Gasteiger partial charge in [-0.25, -0.2) is 4.79 Å². The number of nitrogens with zero attached hydrogens (tertiary/aromatic N) is 5. The van der Waals surface area contributed by atoms with E-state index < -0.39 is 17.4 Å². The summed E-state index contributed by atoms with van der Waals surface area (Å²) in [4.78, 5) is 15.7. The van der Waals surface area contributed by atoms with Gasteiger partial charge in [0.1, 0.15) is 10.5 Å². The Kier molecular flexibility index (Phi) is 5.99. The largest absolute Gasteiger partial charge is 0.418 e. The standard InChI is InChI=1S/C27H28F3N5OS/c1-18-12-26(13-18,24-32-31-17-37-24)20-6-5-7-21(11-20)34-16-23-22(27(28,29)30)10-19(15-35(23)25(34)36)14-33-8-3-2-4-9-33/h5-7,10-11,15-18H,2-4,8-9,12-14H2,1H3. The molecular formula is C27H28F3N5OS. The SMILES string of the molecule is CC1CC(c2cccc(-n3cc4c(C(F)(F)F)cc(CN5CCCCC5)cn4c3=O)c2)(c2nncs2)C1. The van der Waals surface area contributed by atoms with Crippen LogP contribution in [0, 0.1) is 5.92 Å². The van der Waals surface area contributed by atoms with Gasteiger partial charge in [-0.1, -0.05) is 25.5 Å². The van der Waals surface area contributed by atoms with Crippen LogP contribution in [0.4, 0.5) is 13.2 Å². The zero-order chi connectivity index (χ0) is 25.8. The summed E-state index contributed by atoms with van der Waals surface area (Å²) in [7, 11) is 0. The van der Waals surface area contributed by atoms with Gasteiger partial charge in [0.05, 0.1) is 16.8 Å². The number of benzene rings is 1. The van der Waals surface area contributed by atoms with Crippen molar-refractivity contribution in [2.24, 2.45) is 5.92 Å². The Morgan fingerprint density at radius 2 is 1.89 bits per heavy atom. The van der Waals surface area contributed by atoms with Crippen LogP contribution in [0.3, 0.4) is 0 Å². The number of likely N-dealkylation sites (tertiary alicyclic amines) is 1. The van der Waals surface area contributed by atoms with Crippen LogP contribution >= 0.6 is 11.3 Å². The molecule has 4 heterocycles. The Bertz CT molecular complexity index is 1480. The molecule has 37 heavy (non-hydrogen) atoms. The van der Waals surface area contributed by atoms with Crippen molar-refractivity contribution in [2.45, 2.75) is 57.2 Å². The first-order chi connectivity index (χ1) is 17.7. The number of rotatable bonds is 5. The molecule has 6 rings (SSSR count).